The summed E-state index contributed by atoms with van der Waals surface area (Å²) in [5.41, 5.74) is 1.25. The standard InChI is InChI=1S/C30H32F4N4O6S/c1-18-15-21(27(40)37-10-5-22(39)6-11-37)16-19(2)23(18)7-14-45(42,43)38-12-8-29(9-13-38)28(41)35-26(36-29)20-3-4-24(31)25(17-20)44-30(32,33)34/h3-4,7,14-17,22,39H,5-6,8-13H2,1-2H3,(H,35,36,41)/b14-7+. The van der Waals surface area contributed by atoms with Gasteiger partial charge in [0.25, 0.3) is 11.8 Å². The summed E-state index contributed by atoms with van der Waals surface area (Å²) in [6.07, 6.45) is -2.97. The molecule has 2 aromatic rings. The molecule has 2 N–H and O–H groups in total. The van der Waals surface area contributed by atoms with E-state index in [0.29, 0.717) is 48.2 Å². The first kappa shape index (κ1) is 32.6. The Morgan fingerprint density at radius 3 is 2.31 bits per heavy atom. The maximum atomic E-state index is 13.9. The Hall–Kier alpha value is -3.82. The van der Waals surface area contributed by atoms with Gasteiger partial charge in [0.1, 0.15) is 11.4 Å². The molecule has 0 aliphatic carbocycles. The maximum absolute atomic E-state index is 13.9. The lowest BCUT2D eigenvalue weighted by Gasteiger charge is -2.34. The number of ether oxygens (including phenoxy) is 1. The van der Waals surface area contributed by atoms with E-state index in [9.17, 15) is 40.7 Å². The number of amides is 2. The second-order valence-electron chi connectivity index (χ2n) is 11.4. The lowest BCUT2D eigenvalue weighted by atomic mass is 9.89. The number of sulfonamides is 1. The van der Waals surface area contributed by atoms with Gasteiger partial charge in [0.15, 0.2) is 11.6 Å². The normalized spacial score (nSPS) is 19.7. The summed E-state index contributed by atoms with van der Waals surface area (Å²) in [5, 5.41) is 13.3. The lowest BCUT2D eigenvalue weighted by Crippen LogP contribution is -2.50. The SMILES string of the molecule is Cc1cc(C(=O)N2CCC(O)CC2)cc(C)c1/C=C/S(=O)(=O)N1CCC2(CC1)N=C(c1ccc(F)c(OC(F)(F)F)c1)NC2=O. The number of alkyl halides is 3. The largest absolute Gasteiger partial charge is 0.573 e. The van der Waals surface area contributed by atoms with Gasteiger partial charge in [-0.25, -0.2) is 12.8 Å². The zero-order valence-electron chi connectivity index (χ0n) is 24.5. The molecule has 2 saturated heterocycles. The first-order valence-electron chi connectivity index (χ1n) is 14.3. The van der Waals surface area contributed by atoms with Gasteiger partial charge < -0.3 is 20.1 Å². The first-order chi connectivity index (χ1) is 21.1. The molecule has 2 amide bonds. The molecule has 15 heteroatoms. The third-order valence-electron chi connectivity index (χ3n) is 8.32. The van der Waals surface area contributed by atoms with E-state index in [1.54, 1.807) is 30.9 Å². The number of halogens is 4. The van der Waals surface area contributed by atoms with E-state index in [2.05, 4.69) is 15.0 Å². The van der Waals surface area contributed by atoms with Gasteiger partial charge in [0.2, 0.25) is 10.0 Å². The van der Waals surface area contributed by atoms with Crippen molar-refractivity contribution in [3.8, 4) is 5.75 Å². The molecule has 0 saturated carbocycles. The van der Waals surface area contributed by atoms with Gasteiger partial charge in [-0.2, -0.15) is 4.31 Å². The fourth-order valence-electron chi connectivity index (χ4n) is 5.81. The van der Waals surface area contributed by atoms with Crippen molar-refractivity contribution in [1.82, 2.24) is 14.5 Å². The number of aliphatic imine (C=N–C) groups is 1. The number of carbonyl (C=O) groups excluding carboxylic acids is 2. The van der Waals surface area contributed by atoms with Crippen LogP contribution in [0.5, 0.6) is 5.75 Å². The lowest BCUT2D eigenvalue weighted by molar-refractivity contribution is -0.275. The van der Waals surface area contributed by atoms with Crippen LogP contribution in [0.25, 0.3) is 6.08 Å². The number of nitrogens with zero attached hydrogens (tertiary/aromatic N) is 3. The van der Waals surface area contributed by atoms with Gasteiger partial charge in [0.05, 0.1) is 6.10 Å². The number of piperidine rings is 2. The molecule has 0 radical (unpaired) electrons. The average molecular weight is 653 g/mol. The third kappa shape index (κ3) is 7.05. The van der Waals surface area contributed by atoms with E-state index in [1.165, 1.54) is 10.4 Å². The zero-order valence-corrected chi connectivity index (χ0v) is 25.3. The second-order valence-corrected chi connectivity index (χ2v) is 13.3. The van der Waals surface area contributed by atoms with Gasteiger partial charge >= 0.3 is 6.36 Å². The number of aliphatic hydroxyl groups excluding tert-OH is 1. The fourth-order valence-corrected chi connectivity index (χ4v) is 6.98. The molecule has 0 aromatic heterocycles. The molecule has 5 rings (SSSR count). The van der Waals surface area contributed by atoms with Gasteiger partial charge in [0, 0.05) is 42.7 Å². The van der Waals surface area contributed by atoms with Crippen LogP contribution in [0.4, 0.5) is 17.6 Å². The number of rotatable bonds is 6. The minimum absolute atomic E-state index is 0.00652. The van der Waals surface area contributed by atoms with E-state index in [4.69, 9.17) is 0 Å². The van der Waals surface area contributed by atoms with Crippen molar-refractivity contribution in [3.63, 3.8) is 0 Å². The summed E-state index contributed by atoms with van der Waals surface area (Å²) in [7, 11) is -3.91. The minimum Gasteiger partial charge on any atom is -0.403 e. The summed E-state index contributed by atoms with van der Waals surface area (Å²) in [5.74, 6) is -3.05. The number of likely N-dealkylation sites (tertiary alicyclic amines) is 1. The molecule has 3 aliphatic rings. The van der Waals surface area contributed by atoms with Crippen molar-refractivity contribution in [3.05, 3.63) is 69.4 Å². The van der Waals surface area contributed by atoms with E-state index < -0.39 is 45.5 Å². The Kier molecular flexibility index (Phi) is 8.81. The quantitative estimate of drug-likeness (QED) is 0.459. The summed E-state index contributed by atoms with van der Waals surface area (Å²) < 4.78 is 83.2. The zero-order chi connectivity index (χ0) is 32.7. The molecule has 45 heavy (non-hydrogen) atoms. The molecule has 3 aliphatic heterocycles. The Balaban J connectivity index is 1.27. The predicted octanol–water partition coefficient (Wildman–Crippen LogP) is 3.65. The highest BCUT2D eigenvalue weighted by atomic mass is 32.2. The number of hydrogen-bond acceptors (Lipinski definition) is 7. The van der Waals surface area contributed by atoms with Crippen molar-refractivity contribution >= 4 is 33.7 Å². The van der Waals surface area contributed by atoms with Crippen molar-refractivity contribution in [2.24, 2.45) is 4.99 Å². The van der Waals surface area contributed by atoms with Gasteiger partial charge in [-0.3, -0.25) is 14.6 Å². The Morgan fingerprint density at radius 1 is 1.09 bits per heavy atom. The van der Waals surface area contributed by atoms with Crippen LogP contribution in [-0.2, 0) is 14.8 Å². The van der Waals surface area contributed by atoms with Crippen molar-refractivity contribution in [1.29, 1.82) is 0 Å². The van der Waals surface area contributed by atoms with Crippen LogP contribution in [0.2, 0.25) is 0 Å². The van der Waals surface area contributed by atoms with Crippen molar-refractivity contribution in [2.45, 2.75) is 57.5 Å². The summed E-state index contributed by atoms with van der Waals surface area (Å²) in [4.78, 5) is 32.0. The van der Waals surface area contributed by atoms with Crippen LogP contribution >= 0.6 is 0 Å². The number of amidine groups is 1. The van der Waals surface area contributed by atoms with E-state index in [-0.39, 0.29) is 43.2 Å². The predicted molar refractivity (Wildman–Crippen MR) is 156 cm³/mol. The fraction of sp³-hybridized carbons (Fsp3) is 0.433. The number of benzene rings is 2. The highest BCUT2D eigenvalue weighted by Crippen LogP contribution is 2.34. The number of hydrogen-bond donors (Lipinski definition) is 2. The van der Waals surface area contributed by atoms with Crippen molar-refractivity contribution in [2.75, 3.05) is 26.2 Å². The summed E-state index contributed by atoms with van der Waals surface area (Å²) >= 11 is 0. The number of aryl methyl sites for hydroxylation is 2. The molecular weight excluding hydrogens is 620 g/mol. The number of aliphatic hydroxyl groups is 1. The molecule has 3 heterocycles. The second kappa shape index (κ2) is 12.2. The van der Waals surface area contributed by atoms with Crippen LogP contribution in [0, 0.1) is 19.7 Å². The highest BCUT2D eigenvalue weighted by Gasteiger charge is 2.47. The Morgan fingerprint density at radius 2 is 1.71 bits per heavy atom. The van der Waals surface area contributed by atoms with Crippen LogP contribution in [0.15, 0.2) is 40.7 Å². The first-order valence-corrected chi connectivity index (χ1v) is 15.8. The summed E-state index contributed by atoms with van der Waals surface area (Å²) in [6, 6.07) is 6.15. The molecule has 10 nitrogen and oxygen atoms in total. The van der Waals surface area contributed by atoms with Gasteiger partial charge in [-0.15, -0.1) is 13.2 Å². The number of nitrogens with one attached hydrogen (secondary N) is 1. The van der Waals surface area contributed by atoms with Crippen LogP contribution < -0.4 is 10.1 Å². The molecule has 242 valence electrons. The molecule has 0 bridgehead atoms. The average Bonchev–Trinajstić information content (AvgIpc) is 3.28. The maximum Gasteiger partial charge on any atom is 0.573 e. The minimum atomic E-state index is -5.12. The third-order valence-corrected chi connectivity index (χ3v) is 9.88. The monoisotopic (exact) mass is 652 g/mol. The number of carbonyl (C=O) groups is 2. The molecule has 2 fully saturated rings. The molecule has 1 spiro atoms. The topological polar surface area (TPSA) is 129 Å². The Labute approximate surface area is 257 Å². The molecule has 0 atom stereocenters. The smallest absolute Gasteiger partial charge is 0.403 e. The van der Waals surface area contributed by atoms with E-state index >= 15 is 0 Å². The molecule has 2 aromatic carbocycles. The van der Waals surface area contributed by atoms with Crippen molar-refractivity contribution < 1.29 is 45.4 Å². The van der Waals surface area contributed by atoms with Gasteiger partial charge in [-0.05, 0) is 92.6 Å². The molecular formula is C30H32F4N4O6S. The van der Waals surface area contributed by atoms with Crippen LogP contribution in [0.1, 0.15) is 58.3 Å². The summed E-state index contributed by atoms with van der Waals surface area (Å²) in [6.45, 7) is 4.42. The van der Waals surface area contributed by atoms with Crippen LogP contribution in [-0.4, -0.2) is 84.6 Å². The van der Waals surface area contributed by atoms with Crippen LogP contribution in [0.3, 0.4) is 0 Å². The van der Waals surface area contributed by atoms with Gasteiger partial charge in [-0.1, -0.05) is 0 Å². The highest BCUT2D eigenvalue weighted by molar-refractivity contribution is 7.92. The Bertz CT molecular complexity index is 1650. The van der Waals surface area contributed by atoms with E-state index in [0.717, 1.165) is 23.6 Å². The van der Waals surface area contributed by atoms with E-state index in [1.807, 2.05) is 0 Å². The molecule has 0 unspecified atom stereocenters.